The quantitative estimate of drug-likeness (QED) is 0.485. The highest BCUT2D eigenvalue weighted by molar-refractivity contribution is 14.0. The van der Waals surface area contributed by atoms with E-state index in [-0.39, 0.29) is 24.0 Å². The summed E-state index contributed by atoms with van der Waals surface area (Å²) >= 11 is 1.83. The molecule has 0 aliphatic carbocycles. The molecular weight excluding hydrogens is 321 g/mol. The molecule has 2 N–H and O–H groups in total. The summed E-state index contributed by atoms with van der Waals surface area (Å²) in [6.07, 6.45) is 5.96. The van der Waals surface area contributed by atoms with E-state index in [4.69, 9.17) is 5.73 Å². The summed E-state index contributed by atoms with van der Waals surface area (Å²) in [6.45, 7) is 5.19. The number of thioether (sulfide) groups is 1. The van der Waals surface area contributed by atoms with Crippen molar-refractivity contribution < 1.29 is 0 Å². The Bertz CT molecular complexity index is 193. The van der Waals surface area contributed by atoms with Crippen LogP contribution in [0.15, 0.2) is 4.99 Å². The molecule has 0 aromatic heterocycles. The first-order chi connectivity index (χ1) is 6.74. The molecule has 90 valence electrons. The molecule has 1 heterocycles. The number of nitrogens with two attached hydrogens (primary N) is 1. The van der Waals surface area contributed by atoms with E-state index in [1.54, 1.807) is 0 Å². The fraction of sp³-hybridized carbons (Fsp3) is 0.900. The van der Waals surface area contributed by atoms with E-state index in [1.807, 2.05) is 11.8 Å². The maximum atomic E-state index is 5.92. The van der Waals surface area contributed by atoms with Gasteiger partial charge in [0.05, 0.1) is 6.54 Å². The number of nitrogens with zero attached hydrogens (tertiary/aromatic N) is 2. The van der Waals surface area contributed by atoms with Crippen molar-refractivity contribution >= 4 is 41.7 Å². The van der Waals surface area contributed by atoms with Gasteiger partial charge < -0.3 is 10.6 Å². The van der Waals surface area contributed by atoms with Gasteiger partial charge in [-0.1, -0.05) is 6.92 Å². The molecule has 0 radical (unpaired) electrons. The molecule has 0 amide bonds. The molecule has 1 rings (SSSR count). The van der Waals surface area contributed by atoms with E-state index in [2.05, 4.69) is 23.1 Å². The number of hydrogen-bond acceptors (Lipinski definition) is 2. The first-order valence-electron chi connectivity index (χ1n) is 5.31. The van der Waals surface area contributed by atoms with Gasteiger partial charge in [-0.3, -0.25) is 4.99 Å². The molecule has 0 aromatic carbocycles. The van der Waals surface area contributed by atoms with E-state index in [0.29, 0.717) is 5.25 Å². The van der Waals surface area contributed by atoms with Crippen molar-refractivity contribution in [1.29, 1.82) is 0 Å². The van der Waals surface area contributed by atoms with Crippen LogP contribution in [0.5, 0.6) is 0 Å². The summed E-state index contributed by atoms with van der Waals surface area (Å²) in [5, 5.41) is 0.568. The number of aliphatic imine (C=N–C) groups is 1. The zero-order valence-electron chi connectivity index (χ0n) is 9.61. The lowest BCUT2D eigenvalue weighted by Crippen LogP contribution is -2.41. The number of halogens is 1. The molecule has 1 fully saturated rings. The Morgan fingerprint density at radius 1 is 1.40 bits per heavy atom. The minimum absolute atomic E-state index is 0. The SMILES string of the molecule is CSC(C)CN=C(N)N1CCCCC1.I. The molecule has 1 atom stereocenters. The van der Waals surface area contributed by atoms with E-state index in [1.165, 1.54) is 19.3 Å². The number of hydrogen-bond donors (Lipinski definition) is 1. The highest BCUT2D eigenvalue weighted by Gasteiger charge is 2.11. The fourth-order valence-corrected chi connectivity index (χ4v) is 1.74. The van der Waals surface area contributed by atoms with Crippen LogP contribution in [0, 0.1) is 0 Å². The van der Waals surface area contributed by atoms with Crippen LogP contribution in [-0.4, -0.2) is 42.0 Å². The van der Waals surface area contributed by atoms with Gasteiger partial charge in [0.15, 0.2) is 5.96 Å². The normalized spacial score (nSPS) is 19.6. The lowest BCUT2D eigenvalue weighted by Gasteiger charge is -2.27. The van der Waals surface area contributed by atoms with Gasteiger partial charge in [-0.15, -0.1) is 24.0 Å². The predicted molar refractivity (Wildman–Crippen MR) is 80.3 cm³/mol. The van der Waals surface area contributed by atoms with Crippen LogP contribution in [0.2, 0.25) is 0 Å². The largest absolute Gasteiger partial charge is 0.370 e. The minimum Gasteiger partial charge on any atom is -0.370 e. The molecule has 1 aliphatic rings. The maximum absolute atomic E-state index is 5.92. The zero-order valence-corrected chi connectivity index (χ0v) is 12.8. The molecule has 1 aliphatic heterocycles. The van der Waals surface area contributed by atoms with Gasteiger partial charge in [0.25, 0.3) is 0 Å². The Labute approximate surface area is 114 Å². The highest BCUT2D eigenvalue weighted by atomic mass is 127. The monoisotopic (exact) mass is 343 g/mol. The van der Waals surface area contributed by atoms with Crippen LogP contribution in [0.25, 0.3) is 0 Å². The van der Waals surface area contributed by atoms with E-state index in [9.17, 15) is 0 Å². The Kier molecular flexibility index (Phi) is 8.69. The van der Waals surface area contributed by atoms with Gasteiger partial charge in [0.2, 0.25) is 0 Å². The number of rotatable bonds is 3. The van der Waals surface area contributed by atoms with Crippen LogP contribution < -0.4 is 5.73 Å². The fourth-order valence-electron chi connectivity index (χ4n) is 1.52. The zero-order chi connectivity index (χ0) is 10.4. The molecule has 0 aromatic rings. The van der Waals surface area contributed by atoms with Gasteiger partial charge >= 0.3 is 0 Å². The van der Waals surface area contributed by atoms with Crippen LogP contribution in [0.1, 0.15) is 26.2 Å². The van der Waals surface area contributed by atoms with Gasteiger partial charge in [0.1, 0.15) is 0 Å². The standard InChI is InChI=1S/C10H21N3S.HI/c1-9(14-2)8-12-10(11)13-6-4-3-5-7-13;/h9H,3-8H2,1-2H3,(H2,11,12);1H. The van der Waals surface area contributed by atoms with Gasteiger partial charge in [-0.05, 0) is 25.5 Å². The Hall–Kier alpha value is 0.350. The number of guanidine groups is 1. The van der Waals surface area contributed by atoms with Crippen molar-refractivity contribution in [2.75, 3.05) is 25.9 Å². The Balaban J connectivity index is 0.00000196. The third-order valence-corrected chi connectivity index (χ3v) is 3.55. The molecule has 0 spiro atoms. The first kappa shape index (κ1) is 15.3. The molecule has 0 saturated carbocycles. The summed E-state index contributed by atoms with van der Waals surface area (Å²) in [5.41, 5.74) is 5.92. The van der Waals surface area contributed by atoms with Crippen molar-refractivity contribution in [2.24, 2.45) is 10.7 Å². The van der Waals surface area contributed by atoms with Crippen LogP contribution in [0.4, 0.5) is 0 Å². The third kappa shape index (κ3) is 5.85. The summed E-state index contributed by atoms with van der Waals surface area (Å²) in [4.78, 5) is 6.62. The van der Waals surface area contributed by atoms with Crippen LogP contribution in [-0.2, 0) is 0 Å². The van der Waals surface area contributed by atoms with Crippen molar-refractivity contribution in [3.05, 3.63) is 0 Å². The molecule has 15 heavy (non-hydrogen) atoms. The second-order valence-electron chi connectivity index (χ2n) is 3.79. The van der Waals surface area contributed by atoms with Crippen LogP contribution in [0.3, 0.4) is 0 Å². The summed E-state index contributed by atoms with van der Waals surface area (Å²) in [7, 11) is 0. The molecule has 5 heteroatoms. The van der Waals surface area contributed by atoms with Crippen molar-refractivity contribution in [3.8, 4) is 0 Å². The third-order valence-electron chi connectivity index (χ3n) is 2.59. The van der Waals surface area contributed by atoms with Crippen LogP contribution >= 0.6 is 35.7 Å². The van der Waals surface area contributed by atoms with Crippen molar-refractivity contribution in [1.82, 2.24) is 4.90 Å². The van der Waals surface area contributed by atoms with Gasteiger partial charge in [-0.2, -0.15) is 11.8 Å². The average Bonchev–Trinajstić information content (AvgIpc) is 2.26. The topological polar surface area (TPSA) is 41.6 Å². The highest BCUT2D eigenvalue weighted by Crippen LogP contribution is 2.09. The van der Waals surface area contributed by atoms with Crippen molar-refractivity contribution in [3.63, 3.8) is 0 Å². The lowest BCUT2D eigenvalue weighted by atomic mass is 10.1. The maximum Gasteiger partial charge on any atom is 0.191 e. The lowest BCUT2D eigenvalue weighted by molar-refractivity contribution is 0.338. The summed E-state index contributed by atoms with van der Waals surface area (Å²) < 4.78 is 0. The molecule has 1 saturated heterocycles. The molecule has 3 nitrogen and oxygen atoms in total. The number of piperidine rings is 1. The molecular formula is C10H22IN3S. The summed E-state index contributed by atoms with van der Waals surface area (Å²) in [5.74, 6) is 0.741. The van der Waals surface area contributed by atoms with E-state index < -0.39 is 0 Å². The van der Waals surface area contributed by atoms with E-state index in [0.717, 1.165) is 25.6 Å². The Morgan fingerprint density at radius 3 is 2.53 bits per heavy atom. The Morgan fingerprint density at radius 2 is 2.00 bits per heavy atom. The summed E-state index contributed by atoms with van der Waals surface area (Å²) in [6, 6.07) is 0. The minimum atomic E-state index is 0. The van der Waals surface area contributed by atoms with E-state index >= 15 is 0 Å². The van der Waals surface area contributed by atoms with Crippen molar-refractivity contribution in [2.45, 2.75) is 31.4 Å². The first-order valence-corrected chi connectivity index (χ1v) is 6.60. The van der Waals surface area contributed by atoms with Gasteiger partial charge in [-0.25, -0.2) is 0 Å². The van der Waals surface area contributed by atoms with Gasteiger partial charge in [0, 0.05) is 18.3 Å². The smallest absolute Gasteiger partial charge is 0.191 e. The predicted octanol–water partition coefficient (Wildman–Crippen LogP) is 2.16. The number of likely N-dealkylation sites (tertiary alicyclic amines) is 1. The average molecular weight is 343 g/mol. The molecule has 1 unspecified atom stereocenters. The second kappa shape index (κ2) is 8.50. The second-order valence-corrected chi connectivity index (χ2v) is 5.07. The molecule has 0 bridgehead atoms.